The molecule has 0 saturated heterocycles. The molecular formula is C12H13ClN2. The van der Waals surface area contributed by atoms with Crippen LogP contribution in [0.25, 0.3) is 10.9 Å². The van der Waals surface area contributed by atoms with Gasteiger partial charge in [0.05, 0.1) is 5.52 Å². The molecule has 0 saturated carbocycles. The highest BCUT2D eigenvalue weighted by atomic mass is 35.5. The summed E-state index contributed by atoms with van der Waals surface area (Å²) in [4.78, 5) is 4.37. The lowest BCUT2D eigenvalue weighted by atomic mass is 10.1. The van der Waals surface area contributed by atoms with Crippen molar-refractivity contribution in [3.05, 3.63) is 41.0 Å². The molecule has 2 aromatic rings. The highest BCUT2D eigenvalue weighted by Gasteiger charge is 2.04. The van der Waals surface area contributed by atoms with Crippen LogP contribution in [0.4, 0.5) is 0 Å². The summed E-state index contributed by atoms with van der Waals surface area (Å²) in [5.74, 6) is 0. The fourth-order valence-electron chi connectivity index (χ4n) is 1.69. The SMILES string of the molecule is NCCCc1ccc(Cl)c2cccnc12. The lowest BCUT2D eigenvalue weighted by Gasteiger charge is -2.06. The summed E-state index contributed by atoms with van der Waals surface area (Å²) < 4.78 is 0. The standard InChI is InChI=1S/C12H13ClN2/c13-11-6-5-9(3-1-7-14)12-10(11)4-2-8-15-12/h2,4-6,8H,1,3,7,14H2. The Bertz CT molecular complexity index is 468. The van der Waals surface area contributed by atoms with Crippen molar-refractivity contribution >= 4 is 22.5 Å². The molecule has 0 aliphatic carbocycles. The van der Waals surface area contributed by atoms with Crippen molar-refractivity contribution in [3.63, 3.8) is 0 Å². The van der Waals surface area contributed by atoms with Gasteiger partial charge in [0.25, 0.3) is 0 Å². The van der Waals surface area contributed by atoms with E-state index >= 15 is 0 Å². The Morgan fingerprint density at radius 3 is 2.93 bits per heavy atom. The highest BCUT2D eigenvalue weighted by molar-refractivity contribution is 6.35. The van der Waals surface area contributed by atoms with Crippen LogP contribution in [0.2, 0.25) is 5.02 Å². The maximum absolute atomic E-state index is 6.10. The van der Waals surface area contributed by atoms with E-state index < -0.39 is 0 Å². The molecule has 1 heterocycles. The molecule has 0 unspecified atom stereocenters. The van der Waals surface area contributed by atoms with Crippen molar-refractivity contribution in [1.82, 2.24) is 4.98 Å². The van der Waals surface area contributed by atoms with E-state index in [0.717, 1.165) is 28.8 Å². The molecule has 0 aliphatic heterocycles. The van der Waals surface area contributed by atoms with Crippen LogP contribution in [0.5, 0.6) is 0 Å². The third-order valence-corrected chi connectivity index (χ3v) is 2.78. The molecule has 0 aliphatic rings. The van der Waals surface area contributed by atoms with Crippen molar-refractivity contribution in [2.45, 2.75) is 12.8 Å². The largest absolute Gasteiger partial charge is 0.330 e. The lowest BCUT2D eigenvalue weighted by Crippen LogP contribution is -2.01. The normalized spacial score (nSPS) is 10.8. The number of nitrogens with two attached hydrogens (primary N) is 1. The van der Waals surface area contributed by atoms with Crippen LogP contribution in [-0.4, -0.2) is 11.5 Å². The van der Waals surface area contributed by atoms with Gasteiger partial charge in [0.15, 0.2) is 0 Å². The third kappa shape index (κ3) is 2.11. The molecule has 2 rings (SSSR count). The van der Waals surface area contributed by atoms with E-state index in [-0.39, 0.29) is 0 Å². The molecule has 3 heteroatoms. The molecular weight excluding hydrogens is 208 g/mol. The summed E-state index contributed by atoms with van der Waals surface area (Å²) in [7, 11) is 0. The van der Waals surface area contributed by atoms with Gasteiger partial charge in [0, 0.05) is 16.6 Å². The Balaban J connectivity index is 2.51. The molecule has 0 bridgehead atoms. The first kappa shape index (κ1) is 10.4. The van der Waals surface area contributed by atoms with Gasteiger partial charge in [0.2, 0.25) is 0 Å². The molecule has 78 valence electrons. The average molecular weight is 221 g/mol. The molecule has 2 N–H and O–H groups in total. The topological polar surface area (TPSA) is 38.9 Å². The molecule has 15 heavy (non-hydrogen) atoms. The minimum Gasteiger partial charge on any atom is -0.330 e. The van der Waals surface area contributed by atoms with Crippen LogP contribution in [0.15, 0.2) is 30.5 Å². The smallest absolute Gasteiger partial charge is 0.0748 e. The van der Waals surface area contributed by atoms with Crippen molar-refractivity contribution in [1.29, 1.82) is 0 Å². The fourth-order valence-corrected chi connectivity index (χ4v) is 1.91. The van der Waals surface area contributed by atoms with E-state index in [4.69, 9.17) is 17.3 Å². The summed E-state index contributed by atoms with van der Waals surface area (Å²) in [6, 6.07) is 7.86. The van der Waals surface area contributed by atoms with Crippen LogP contribution in [0.3, 0.4) is 0 Å². The molecule has 1 aromatic carbocycles. The first-order valence-corrected chi connectivity index (χ1v) is 5.43. The second kappa shape index (κ2) is 4.60. The van der Waals surface area contributed by atoms with Crippen molar-refractivity contribution in [3.8, 4) is 0 Å². The van der Waals surface area contributed by atoms with Gasteiger partial charge < -0.3 is 5.73 Å². The van der Waals surface area contributed by atoms with Gasteiger partial charge in [0.1, 0.15) is 0 Å². The summed E-state index contributed by atoms with van der Waals surface area (Å²) in [6.07, 6.45) is 3.74. The van der Waals surface area contributed by atoms with Crippen molar-refractivity contribution in [2.24, 2.45) is 5.73 Å². The van der Waals surface area contributed by atoms with Gasteiger partial charge in [-0.1, -0.05) is 17.7 Å². The highest BCUT2D eigenvalue weighted by Crippen LogP contribution is 2.25. The van der Waals surface area contributed by atoms with E-state index in [1.165, 1.54) is 5.56 Å². The van der Waals surface area contributed by atoms with E-state index in [1.807, 2.05) is 24.3 Å². The van der Waals surface area contributed by atoms with Crippen LogP contribution >= 0.6 is 11.6 Å². The number of fused-ring (bicyclic) bond motifs is 1. The Labute approximate surface area is 94.1 Å². The minimum atomic E-state index is 0.705. The zero-order chi connectivity index (χ0) is 10.7. The Kier molecular flexibility index (Phi) is 3.19. The molecule has 0 radical (unpaired) electrons. The number of hydrogen-bond donors (Lipinski definition) is 1. The zero-order valence-corrected chi connectivity index (χ0v) is 9.17. The predicted molar refractivity (Wildman–Crippen MR) is 64.1 cm³/mol. The number of pyridine rings is 1. The Morgan fingerprint density at radius 2 is 2.13 bits per heavy atom. The van der Waals surface area contributed by atoms with Crippen LogP contribution in [0.1, 0.15) is 12.0 Å². The number of rotatable bonds is 3. The predicted octanol–water partition coefficient (Wildman–Crippen LogP) is 2.78. The van der Waals surface area contributed by atoms with Crippen LogP contribution < -0.4 is 5.73 Å². The first-order valence-electron chi connectivity index (χ1n) is 5.05. The number of halogens is 1. The maximum Gasteiger partial charge on any atom is 0.0748 e. The molecule has 0 atom stereocenters. The van der Waals surface area contributed by atoms with Gasteiger partial charge in [-0.15, -0.1) is 0 Å². The van der Waals surface area contributed by atoms with Crippen molar-refractivity contribution in [2.75, 3.05) is 6.54 Å². The molecule has 2 nitrogen and oxygen atoms in total. The number of nitrogens with zero attached hydrogens (tertiary/aromatic N) is 1. The van der Waals surface area contributed by atoms with Gasteiger partial charge in [-0.25, -0.2) is 0 Å². The lowest BCUT2D eigenvalue weighted by molar-refractivity contribution is 0.835. The second-order valence-electron chi connectivity index (χ2n) is 3.50. The average Bonchev–Trinajstić information content (AvgIpc) is 2.29. The first-order chi connectivity index (χ1) is 7.33. The number of aromatic nitrogens is 1. The molecule has 1 aromatic heterocycles. The maximum atomic E-state index is 6.10. The van der Waals surface area contributed by atoms with Gasteiger partial charge in [-0.2, -0.15) is 0 Å². The van der Waals surface area contributed by atoms with Crippen molar-refractivity contribution < 1.29 is 0 Å². The quantitative estimate of drug-likeness (QED) is 0.864. The monoisotopic (exact) mass is 220 g/mol. The molecule has 0 fully saturated rings. The minimum absolute atomic E-state index is 0.705. The van der Waals surface area contributed by atoms with Crippen LogP contribution in [0, 0.1) is 0 Å². The Hall–Kier alpha value is -1.12. The van der Waals surface area contributed by atoms with E-state index in [1.54, 1.807) is 6.20 Å². The summed E-state index contributed by atoms with van der Waals surface area (Å²) in [5.41, 5.74) is 7.73. The summed E-state index contributed by atoms with van der Waals surface area (Å²) in [6.45, 7) is 0.705. The second-order valence-corrected chi connectivity index (χ2v) is 3.91. The van der Waals surface area contributed by atoms with Gasteiger partial charge in [-0.05, 0) is 43.1 Å². The summed E-state index contributed by atoms with van der Waals surface area (Å²) in [5, 5.41) is 1.78. The third-order valence-electron chi connectivity index (χ3n) is 2.45. The number of benzene rings is 1. The number of hydrogen-bond acceptors (Lipinski definition) is 2. The van der Waals surface area contributed by atoms with Gasteiger partial charge in [-0.3, -0.25) is 4.98 Å². The number of aryl methyl sites for hydroxylation is 1. The fraction of sp³-hybridized carbons (Fsp3) is 0.250. The van der Waals surface area contributed by atoms with E-state index in [2.05, 4.69) is 4.98 Å². The summed E-state index contributed by atoms with van der Waals surface area (Å²) >= 11 is 6.10. The van der Waals surface area contributed by atoms with E-state index in [0.29, 0.717) is 6.54 Å². The van der Waals surface area contributed by atoms with Crippen LogP contribution in [-0.2, 0) is 6.42 Å². The molecule has 0 spiro atoms. The Morgan fingerprint density at radius 1 is 1.27 bits per heavy atom. The zero-order valence-electron chi connectivity index (χ0n) is 8.41. The molecule has 0 amide bonds. The van der Waals surface area contributed by atoms with E-state index in [9.17, 15) is 0 Å². The van der Waals surface area contributed by atoms with Gasteiger partial charge >= 0.3 is 0 Å².